The average Bonchev–Trinajstić information content (AvgIpc) is 3.02. The van der Waals surface area contributed by atoms with Crippen molar-refractivity contribution in [1.29, 1.82) is 0 Å². The van der Waals surface area contributed by atoms with E-state index in [1.54, 1.807) is 29.8 Å². The van der Waals surface area contributed by atoms with Crippen molar-refractivity contribution in [3.8, 4) is 0 Å². The van der Waals surface area contributed by atoms with Crippen molar-refractivity contribution >= 4 is 22.3 Å². The highest BCUT2D eigenvalue weighted by Crippen LogP contribution is 2.23. The van der Waals surface area contributed by atoms with Crippen molar-refractivity contribution in [3.63, 3.8) is 0 Å². The second-order valence-electron chi connectivity index (χ2n) is 4.60. The number of thiazole rings is 1. The first-order valence-corrected chi connectivity index (χ1v) is 7.40. The van der Waals surface area contributed by atoms with Gasteiger partial charge in [0.2, 0.25) is 0 Å². The molecule has 1 saturated heterocycles. The van der Waals surface area contributed by atoms with Crippen LogP contribution in [0, 0.1) is 5.82 Å². The highest BCUT2D eigenvalue weighted by Gasteiger charge is 2.22. The summed E-state index contributed by atoms with van der Waals surface area (Å²) in [7, 11) is 0. The van der Waals surface area contributed by atoms with E-state index in [0.717, 1.165) is 31.3 Å². The summed E-state index contributed by atoms with van der Waals surface area (Å²) in [6, 6.07) is 1.63. The lowest BCUT2D eigenvalue weighted by Gasteiger charge is -2.35. The maximum absolute atomic E-state index is 14.2. The van der Waals surface area contributed by atoms with Crippen molar-refractivity contribution in [3.05, 3.63) is 35.2 Å². The molecule has 5 nitrogen and oxygen atoms in total. The largest absolute Gasteiger partial charge is 0.351 e. The van der Waals surface area contributed by atoms with Crippen LogP contribution in [-0.2, 0) is 6.54 Å². The second-order valence-corrected chi connectivity index (χ2v) is 5.47. The fraction of sp³-hybridized carbons (Fsp3) is 0.385. The standard InChI is InChI=1S/C13H16FN5S/c14-11-10(9-15)1-2-16-12(11)18-4-6-19(7-5-18)13-17-3-8-20-13/h1-3,8H,4-7,9,15H2. The molecule has 0 aromatic carbocycles. The van der Waals surface area contributed by atoms with Gasteiger partial charge in [0, 0.05) is 56.1 Å². The maximum atomic E-state index is 14.2. The summed E-state index contributed by atoms with van der Waals surface area (Å²) >= 11 is 1.63. The Balaban J connectivity index is 1.72. The summed E-state index contributed by atoms with van der Waals surface area (Å²) in [5.74, 6) is 0.115. The van der Waals surface area contributed by atoms with Gasteiger partial charge in [0.05, 0.1) is 0 Å². The molecule has 0 amide bonds. The zero-order valence-corrected chi connectivity index (χ0v) is 11.8. The Morgan fingerprint density at radius 1 is 1.15 bits per heavy atom. The number of hydrogen-bond donors (Lipinski definition) is 1. The molecule has 0 radical (unpaired) electrons. The van der Waals surface area contributed by atoms with Gasteiger partial charge in [0.25, 0.3) is 0 Å². The van der Waals surface area contributed by atoms with E-state index >= 15 is 0 Å². The van der Waals surface area contributed by atoms with Crippen LogP contribution in [0.5, 0.6) is 0 Å². The number of nitrogens with two attached hydrogens (primary N) is 1. The number of piperazine rings is 1. The second kappa shape index (κ2) is 5.72. The molecule has 0 saturated carbocycles. The molecule has 0 atom stereocenters. The molecular weight excluding hydrogens is 277 g/mol. The average molecular weight is 293 g/mol. The van der Waals surface area contributed by atoms with Gasteiger partial charge in [-0.3, -0.25) is 0 Å². The monoisotopic (exact) mass is 293 g/mol. The molecule has 20 heavy (non-hydrogen) atoms. The normalized spacial score (nSPS) is 15.7. The number of hydrogen-bond acceptors (Lipinski definition) is 6. The van der Waals surface area contributed by atoms with E-state index in [4.69, 9.17) is 5.73 Å². The van der Waals surface area contributed by atoms with E-state index in [0.29, 0.717) is 11.4 Å². The Hall–Kier alpha value is -1.73. The third kappa shape index (κ3) is 2.46. The van der Waals surface area contributed by atoms with Gasteiger partial charge >= 0.3 is 0 Å². The van der Waals surface area contributed by atoms with Gasteiger partial charge in [-0.15, -0.1) is 11.3 Å². The predicted octanol–water partition coefficient (Wildman–Crippen LogP) is 1.46. The first kappa shape index (κ1) is 13.3. The quantitative estimate of drug-likeness (QED) is 0.928. The molecule has 0 aliphatic carbocycles. The van der Waals surface area contributed by atoms with Crippen molar-refractivity contribution in [2.24, 2.45) is 5.73 Å². The molecule has 1 aliphatic rings. The minimum Gasteiger partial charge on any atom is -0.351 e. The predicted molar refractivity (Wildman–Crippen MR) is 78.6 cm³/mol. The molecule has 1 aliphatic heterocycles. The van der Waals surface area contributed by atoms with Crippen LogP contribution in [0.1, 0.15) is 5.56 Å². The summed E-state index contributed by atoms with van der Waals surface area (Å²) in [5, 5.41) is 2.99. The van der Waals surface area contributed by atoms with Gasteiger partial charge in [0.15, 0.2) is 16.8 Å². The third-order valence-corrected chi connectivity index (χ3v) is 4.27. The molecule has 3 rings (SSSR count). The zero-order valence-electron chi connectivity index (χ0n) is 11.0. The van der Waals surface area contributed by atoms with Crippen molar-refractivity contribution < 1.29 is 4.39 Å². The topological polar surface area (TPSA) is 58.3 Å². The Morgan fingerprint density at radius 3 is 2.55 bits per heavy atom. The summed E-state index contributed by atoms with van der Waals surface area (Å²) in [4.78, 5) is 12.6. The third-order valence-electron chi connectivity index (χ3n) is 3.44. The SMILES string of the molecule is NCc1ccnc(N2CCN(c3nccs3)CC2)c1F. The molecule has 2 aromatic heterocycles. The van der Waals surface area contributed by atoms with Gasteiger partial charge in [-0.2, -0.15) is 0 Å². The Labute approximate surface area is 120 Å². The molecule has 0 bridgehead atoms. The minimum atomic E-state index is -0.294. The molecular formula is C13H16FN5S. The van der Waals surface area contributed by atoms with E-state index in [9.17, 15) is 4.39 Å². The number of halogens is 1. The van der Waals surface area contributed by atoms with E-state index in [1.807, 2.05) is 10.3 Å². The van der Waals surface area contributed by atoms with E-state index in [-0.39, 0.29) is 12.4 Å². The molecule has 2 aromatic rings. The first-order chi connectivity index (χ1) is 9.79. The Morgan fingerprint density at radius 2 is 1.90 bits per heavy atom. The molecule has 7 heteroatoms. The van der Waals surface area contributed by atoms with Crippen molar-refractivity contribution in [2.75, 3.05) is 36.0 Å². The van der Waals surface area contributed by atoms with Crippen LogP contribution in [-0.4, -0.2) is 36.1 Å². The van der Waals surface area contributed by atoms with Crippen LogP contribution in [0.4, 0.5) is 15.3 Å². The van der Waals surface area contributed by atoms with Crippen LogP contribution in [0.2, 0.25) is 0 Å². The number of rotatable bonds is 3. The lowest BCUT2D eigenvalue weighted by molar-refractivity contribution is 0.577. The summed E-state index contributed by atoms with van der Waals surface area (Å²) in [5.41, 5.74) is 6.05. The fourth-order valence-electron chi connectivity index (χ4n) is 2.33. The molecule has 2 N–H and O–H groups in total. The minimum absolute atomic E-state index is 0.195. The van der Waals surface area contributed by atoms with Gasteiger partial charge in [-0.05, 0) is 6.07 Å². The first-order valence-electron chi connectivity index (χ1n) is 6.52. The van der Waals surface area contributed by atoms with Gasteiger partial charge in [-0.25, -0.2) is 14.4 Å². The molecule has 1 fully saturated rings. The van der Waals surface area contributed by atoms with Crippen LogP contribution in [0.15, 0.2) is 23.8 Å². The molecule has 0 spiro atoms. The van der Waals surface area contributed by atoms with E-state index < -0.39 is 0 Å². The van der Waals surface area contributed by atoms with Crippen LogP contribution < -0.4 is 15.5 Å². The van der Waals surface area contributed by atoms with E-state index in [2.05, 4.69) is 14.9 Å². The number of anilines is 2. The van der Waals surface area contributed by atoms with Gasteiger partial charge < -0.3 is 15.5 Å². The maximum Gasteiger partial charge on any atom is 0.185 e. The van der Waals surface area contributed by atoms with E-state index in [1.165, 1.54) is 0 Å². The zero-order chi connectivity index (χ0) is 13.9. The molecule has 0 unspecified atom stereocenters. The smallest absolute Gasteiger partial charge is 0.185 e. The number of aromatic nitrogens is 2. The lowest BCUT2D eigenvalue weighted by Crippen LogP contribution is -2.47. The summed E-state index contributed by atoms with van der Waals surface area (Å²) in [6.45, 7) is 3.30. The molecule has 3 heterocycles. The Kier molecular flexibility index (Phi) is 3.79. The number of nitrogens with zero attached hydrogens (tertiary/aromatic N) is 4. The van der Waals surface area contributed by atoms with Crippen LogP contribution in [0.25, 0.3) is 0 Å². The summed E-state index contributed by atoms with van der Waals surface area (Å²) < 4.78 is 14.2. The highest BCUT2D eigenvalue weighted by molar-refractivity contribution is 7.13. The fourth-order valence-corrected chi connectivity index (χ4v) is 3.03. The lowest BCUT2D eigenvalue weighted by atomic mass is 10.2. The van der Waals surface area contributed by atoms with Crippen LogP contribution in [0.3, 0.4) is 0 Å². The van der Waals surface area contributed by atoms with Crippen LogP contribution >= 0.6 is 11.3 Å². The number of pyridine rings is 1. The van der Waals surface area contributed by atoms with Gasteiger partial charge in [-0.1, -0.05) is 0 Å². The van der Waals surface area contributed by atoms with Crippen molar-refractivity contribution in [2.45, 2.75) is 6.54 Å². The van der Waals surface area contributed by atoms with Crippen molar-refractivity contribution in [1.82, 2.24) is 9.97 Å². The summed E-state index contributed by atoms with van der Waals surface area (Å²) in [6.07, 6.45) is 3.42. The Bertz CT molecular complexity index is 566. The van der Waals surface area contributed by atoms with Gasteiger partial charge in [0.1, 0.15) is 0 Å². The molecule has 106 valence electrons. The highest BCUT2D eigenvalue weighted by atomic mass is 32.1.